The van der Waals surface area contributed by atoms with Gasteiger partial charge in [0.15, 0.2) is 5.96 Å². The fraction of sp³-hybridized carbons (Fsp3) is 0.533. The smallest absolute Gasteiger partial charge is 0.191 e. The zero-order valence-electron chi connectivity index (χ0n) is 13.0. The molecule has 0 amide bonds. The first-order valence-corrected chi connectivity index (χ1v) is 8.33. The summed E-state index contributed by atoms with van der Waals surface area (Å²) in [5.41, 5.74) is 1.26. The second-order valence-corrected chi connectivity index (χ2v) is 5.27. The Morgan fingerprint density at radius 3 is 2.81 bits per heavy atom. The van der Waals surface area contributed by atoms with Crippen molar-refractivity contribution in [3.8, 4) is 5.75 Å². The van der Waals surface area contributed by atoms with Crippen molar-refractivity contribution >= 4 is 41.7 Å². The second-order valence-electron chi connectivity index (χ2n) is 4.28. The van der Waals surface area contributed by atoms with Crippen molar-refractivity contribution < 1.29 is 4.74 Å². The molecule has 0 heterocycles. The first-order valence-electron chi connectivity index (χ1n) is 6.94. The molecule has 0 bridgehead atoms. The molecule has 0 saturated carbocycles. The third-order valence-corrected chi connectivity index (χ3v) is 3.34. The molecule has 1 rings (SSSR count). The van der Waals surface area contributed by atoms with Gasteiger partial charge in [-0.15, -0.1) is 24.0 Å². The molecule has 21 heavy (non-hydrogen) atoms. The number of nitrogens with zero attached hydrogens (tertiary/aromatic N) is 1. The van der Waals surface area contributed by atoms with Crippen LogP contribution in [0.1, 0.15) is 12.5 Å². The van der Waals surface area contributed by atoms with E-state index < -0.39 is 0 Å². The number of hydrogen-bond acceptors (Lipinski definition) is 3. The minimum Gasteiger partial charge on any atom is -0.497 e. The molecular weight excluding hydrogens is 397 g/mol. The molecule has 0 aromatic heterocycles. The lowest BCUT2D eigenvalue weighted by Crippen LogP contribution is -2.38. The number of aliphatic imine (C=N–C) groups is 1. The Kier molecular flexibility index (Phi) is 12.7. The lowest BCUT2D eigenvalue weighted by molar-refractivity contribution is 0.414. The van der Waals surface area contributed by atoms with E-state index in [1.807, 2.05) is 23.9 Å². The zero-order valence-corrected chi connectivity index (χ0v) is 16.2. The monoisotopic (exact) mass is 423 g/mol. The minimum absolute atomic E-state index is 0. The predicted octanol–water partition coefficient (Wildman–Crippen LogP) is 2.77. The number of rotatable bonds is 8. The highest BCUT2D eigenvalue weighted by molar-refractivity contribution is 14.0. The molecule has 0 unspecified atom stereocenters. The van der Waals surface area contributed by atoms with Crippen LogP contribution in [0.2, 0.25) is 0 Å². The number of thioether (sulfide) groups is 1. The summed E-state index contributed by atoms with van der Waals surface area (Å²) in [7, 11) is 1.69. The highest BCUT2D eigenvalue weighted by Gasteiger charge is 1.99. The van der Waals surface area contributed by atoms with Gasteiger partial charge in [-0.1, -0.05) is 12.1 Å². The van der Waals surface area contributed by atoms with Crippen molar-refractivity contribution in [2.45, 2.75) is 13.3 Å². The van der Waals surface area contributed by atoms with Gasteiger partial charge in [0.2, 0.25) is 0 Å². The van der Waals surface area contributed by atoms with Crippen LogP contribution >= 0.6 is 35.7 Å². The molecule has 0 spiro atoms. The van der Waals surface area contributed by atoms with Crippen LogP contribution in [0.5, 0.6) is 5.75 Å². The molecule has 1 aromatic rings. The average molecular weight is 423 g/mol. The Hall–Kier alpha value is -0.630. The van der Waals surface area contributed by atoms with Crippen LogP contribution < -0.4 is 15.4 Å². The van der Waals surface area contributed by atoms with E-state index in [1.54, 1.807) is 7.11 Å². The van der Waals surface area contributed by atoms with Crippen molar-refractivity contribution in [1.82, 2.24) is 10.6 Å². The first kappa shape index (κ1) is 20.4. The Bertz CT molecular complexity index is 416. The lowest BCUT2D eigenvalue weighted by atomic mass is 10.1. The normalized spacial score (nSPS) is 10.7. The molecule has 0 aliphatic carbocycles. The van der Waals surface area contributed by atoms with Gasteiger partial charge in [-0.2, -0.15) is 11.8 Å². The SMILES string of the molecule is CCNC(=NCCSC)NCCc1cccc(OC)c1.I. The number of benzene rings is 1. The van der Waals surface area contributed by atoms with E-state index in [-0.39, 0.29) is 24.0 Å². The van der Waals surface area contributed by atoms with Crippen LogP contribution in [0.4, 0.5) is 0 Å². The number of hydrogen-bond donors (Lipinski definition) is 2. The van der Waals surface area contributed by atoms with Crippen LogP contribution in [0.25, 0.3) is 0 Å². The number of methoxy groups -OCH3 is 1. The summed E-state index contributed by atoms with van der Waals surface area (Å²) in [4.78, 5) is 4.52. The highest BCUT2D eigenvalue weighted by atomic mass is 127. The highest BCUT2D eigenvalue weighted by Crippen LogP contribution is 2.12. The number of guanidine groups is 1. The van der Waals surface area contributed by atoms with Gasteiger partial charge in [-0.25, -0.2) is 0 Å². The number of halogens is 1. The van der Waals surface area contributed by atoms with Crippen LogP contribution in [0.3, 0.4) is 0 Å². The fourth-order valence-corrected chi connectivity index (χ4v) is 2.02. The molecule has 1 aromatic carbocycles. The molecule has 0 radical (unpaired) electrons. The van der Waals surface area contributed by atoms with Crippen molar-refractivity contribution in [3.63, 3.8) is 0 Å². The van der Waals surface area contributed by atoms with E-state index in [9.17, 15) is 0 Å². The largest absolute Gasteiger partial charge is 0.497 e. The predicted molar refractivity (Wildman–Crippen MR) is 104 cm³/mol. The topological polar surface area (TPSA) is 45.7 Å². The molecule has 0 aliphatic rings. The maximum atomic E-state index is 5.23. The van der Waals surface area contributed by atoms with Crippen molar-refractivity contribution in [3.05, 3.63) is 29.8 Å². The maximum absolute atomic E-state index is 5.23. The van der Waals surface area contributed by atoms with Gasteiger partial charge >= 0.3 is 0 Å². The molecule has 0 aliphatic heterocycles. The second kappa shape index (κ2) is 13.1. The standard InChI is InChI=1S/C15H25N3OS.HI/c1-4-16-15(18-10-11-20-3)17-9-8-13-6-5-7-14(12-13)19-2;/h5-7,12H,4,8-11H2,1-3H3,(H2,16,17,18);1H. The summed E-state index contributed by atoms with van der Waals surface area (Å²) in [6.07, 6.45) is 3.04. The minimum atomic E-state index is 0. The van der Waals surface area contributed by atoms with E-state index in [0.717, 1.165) is 43.5 Å². The van der Waals surface area contributed by atoms with Crippen molar-refractivity contribution in [1.29, 1.82) is 0 Å². The first-order chi connectivity index (χ1) is 9.80. The van der Waals surface area contributed by atoms with Gasteiger partial charge in [0.25, 0.3) is 0 Å². The van der Waals surface area contributed by atoms with Crippen molar-refractivity contribution in [2.75, 3.05) is 38.8 Å². The summed E-state index contributed by atoms with van der Waals surface area (Å²) in [6, 6.07) is 8.16. The fourth-order valence-electron chi connectivity index (χ4n) is 1.74. The van der Waals surface area contributed by atoms with Crippen LogP contribution in [-0.4, -0.2) is 44.7 Å². The van der Waals surface area contributed by atoms with Gasteiger partial charge in [0.1, 0.15) is 5.75 Å². The average Bonchev–Trinajstić information content (AvgIpc) is 2.48. The molecule has 4 nitrogen and oxygen atoms in total. The number of ether oxygens (including phenoxy) is 1. The molecular formula is C15H26IN3OS. The third kappa shape index (κ3) is 9.08. The van der Waals surface area contributed by atoms with Gasteiger partial charge < -0.3 is 15.4 Å². The summed E-state index contributed by atoms with van der Waals surface area (Å²) in [5, 5.41) is 6.61. The Labute approximate surface area is 149 Å². The summed E-state index contributed by atoms with van der Waals surface area (Å²) < 4.78 is 5.23. The zero-order chi connectivity index (χ0) is 14.6. The lowest BCUT2D eigenvalue weighted by Gasteiger charge is -2.11. The Morgan fingerprint density at radius 1 is 1.33 bits per heavy atom. The van der Waals surface area contributed by atoms with E-state index >= 15 is 0 Å². The van der Waals surface area contributed by atoms with Gasteiger partial charge in [-0.05, 0) is 37.3 Å². The van der Waals surface area contributed by atoms with Crippen LogP contribution in [0, 0.1) is 0 Å². The van der Waals surface area contributed by atoms with Crippen LogP contribution in [-0.2, 0) is 6.42 Å². The molecule has 0 atom stereocenters. The van der Waals surface area contributed by atoms with E-state index in [2.05, 4.69) is 40.9 Å². The van der Waals surface area contributed by atoms with E-state index in [4.69, 9.17) is 4.74 Å². The third-order valence-electron chi connectivity index (χ3n) is 2.75. The van der Waals surface area contributed by atoms with E-state index in [0.29, 0.717) is 0 Å². The van der Waals surface area contributed by atoms with Gasteiger partial charge in [-0.3, -0.25) is 4.99 Å². The summed E-state index contributed by atoms with van der Waals surface area (Å²) in [5.74, 6) is 2.85. The van der Waals surface area contributed by atoms with Gasteiger partial charge in [0, 0.05) is 18.8 Å². The summed E-state index contributed by atoms with van der Waals surface area (Å²) in [6.45, 7) is 4.66. The molecule has 0 fully saturated rings. The number of nitrogens with one attached hydrogen (secondary N) is 2. The summed E-state index contributed by atoms with van der Waals surface area (Å²) >= 11 is 1.81. The maximum Gasteiger partial charge on any atom is 0.191 e. The van der Waals surface area contributed by atoms with E-state index in [1.165, 1.54) is 5.56 Å². The van der Waals surface area contributed by atoms with Crippen molar-refractivity contribution in [2.24, 2.45) is 4.99 Å². The quantitative estimate of drug-likeness (QED) is 0.292. The molecule has 120 valence electrons. The molecule has 0 saturated heterocycles. The Morgan fingerprint density at radius 2 is 2.14 bits per heavy atom. The van der Waals surface area contributed by atoms with Gasteiger partial charge in [0.05, 0.1) is 13.7 Å². The molecule has 6 heteroatoms. The molecule has 2 N–H and O–H groups in total. The van der Waals surface area contributed by atoms with Crippen LogP contribution in [0.15, 0.2) is 29.3 Å². The Balaban J connectivity index is 0.00000400.